The summed E-state index contributed by atoms with van der Waals surface area (Å²) in [5, 5.41) is 0. The maximum Gasteiger partial charge on any atom is 0.254 e. The van der Waals surface area contributed by atoms with E-state index >= 15 is 0 Å². The summed E-state index contributed by atoms with van der Waals surface area (Å²) < 4.78 is 20.7. The lowest BCUT2D eigenvalue weighted by molar-refractivity contribution is 0.0684. The highest BCUT2D eigenvalue weighted by Crippen LogP contribution is 2.29. The molecule has 1 aliphatic heterocycles. The maximum atomic E-state index is 13.6. The minimum absolute atomic E-state index is 0.0638. The van der Waals surface area contributed by atoms with Crippen molar-refractivity contribution in [3.63, 3.8) is 0 Å². The molecule has 0 atom stereocenters. The van der Waals surface area contributed by atoms with Crippen molar-refractivity contribution in [1.29, 1.82) is 0 Å². The van der Waals surface area contributed by atoms with Crippen LogP contribution < -0.4 is 5.56 Å². The van der Waals surface area contributed by atoms with Gasteiger partial charge in [0.25, 0.3) is 5.56 Å². The molecule has 2 heterocycles. The topological polar surface area (TPSA) is 56.5 Å². The highest BCUT2D eigenvalue weighted by atomic mass is 19.1. The van der Waals surface area contributed by atoms with Crippen LogP contribution in [0.25, 0.3) is 16.8 Å². The first-order valence-electron chi connectivity index (χ1n) is 10.4. The van der Waals surface area contributed by atoms with Gasteiger partial charge in [0.2, 0.25) is 5.95 Å². The summed E-state index contributed by atoms with van der Waals surface area (Å²) in [5.74, 6) is -0.476. The molecular weight excluding hydrogens is 381 g/mol. The number of allylic oxidation sites excluding steroid dienone is 2. The number of hydrogen-bond donors (Lipinski definition) is 0. The second-order valence-corrected chi connectivity index (χ2v) is 7.30. The zero-order chi connectivity index (χ0) is 21.3. The fourth-order valence-corrected chi connectivity index (χ4v) is 3.54. The van der Waals surface area contributed by atoms with Crippen molar-refractivity contribution in [1.82, 2.24) is 9.55 Å². The number of rotatable bonds is 8. The number of benzene rings is 1. The minimum atomic E-state index is -0.476. The van der Waals surface area contributed by atoms with Crippen molar-refractivity contribution in [2.24, 2.45) is 4.99 Å². The van der Waals surface area contributed by atoms with Crippen molar-refractivity contribution < 1.29 is 9.13 Å². The van der Waals surface area contributed by atoms with E-state index in [1.165, 1.54) is 6.08 Å². The van der Waals surface area contributed by atoms with E-state index in [-0.39, 0.29) is 11.6 Å². The Balaban J connectivity index is 1.78. The Bertz CT molecular complexity index is 988. The number of aliphatic imine (C=N–C) groups is 1. The van der Waals surface area contributed by atoms with Crippen LogP contribution in [0.5, 0.6) is 0 Å². The van der Waals surface area contributed by atoms with Gasteiger partial charge < -0.3 is 4.74 Å². The second-order valence-electron chi connectivity index (χ2n) is 7.30. The lowest BCUT2D eigenvalue weighted by atomic mass is 9.95. The molecule has 1 aromatic heterocycles. The number of hydrogen-bond acceptors (Lipinski definition) is 4. The van der Waals surface area contributed by atoms with Crippen LogP contribution in [-0.2, 0) is 4.74 Å². The fourth-order valence-electron chi connectivity index (χ4n) is 3.54. The van der Waals surface area contributed by atoms with Gasteiger partial charge in [0.05, 0.1) is 12.0 Å². The van der Waals surface area contributed by atoms with Gasteiger partial charge in [0.15, 0.2) is 0 Å². The number of nitrogens with zero attached hydrogens (tertiary/aromatic N) is 3. The Kier molecular flexibility index (Phi) is 7.85. The predicted molar refractivity (Wildman–Crippen MR) is 119 cm³/mol. The maximum absolute atomic E-state index is 13.6. The van der Waals surface area contributed by atoms with Gasteiger partial charge in [-0.3, -0.25) is 9.36 Å². The molecule has 0 aliphatic carbocycles. The molecule has 5 nitrogen and oxygen atoms in total. The molecule has 0 saturated carbocycles. The summed E-state index contributed by atoms with van der Waals surface area (Å²) in [6, 6.07) is 9.45. The Morgan fingerprint density at radius 3 is 2.87 bits per heavy atom. The Morgan fingerprint density at radius 1 is 1.37 bits per heavy atom. The lowest BCUT2D eigenvalue weighted by Gasteiger charge is -2.24. The normalized spacial score (nSPS) is 15.6. The Labute approximate surface area is 176 Å². The molecule has 3 rings (SSSR count). The molecule has 1 aliphatic rings. The molecule has 2 aromatic rings. The van der Waals surface area contributed by atoms with Gasteiger partial charge in [-0.1, -0.05) is 37.8 Å². The first-order chi connectivity index (χ1) is 14.6. The van der Waals surface area contributed by atoms with Crippen LogP contribution in [0.15, 0.2) is 65.1 Å². The molecule has 1 saturated heterocycles. The number of aromatic nitrogens is 2. The molecule has 0 spiro atoms. The quantitative estimate of drug-likeness (QED) is 0.436. The monoisotopic (exact) mass is 409 g/mol. The molecule has 6 heteroatoms. The van der Waals surface area contributed by atoms with E-state index in [9.17, 15) is 9.18 Å². The highest BCUT2D eigenvalue weighted by molar-refractivity contribution is 5.78. The lowest BCUT2D eigenvalue weighted by Crippen LogP contribution is -2.29. The Hall–Kier alpha value is -2.86. The molecule has 0 N–H and O–H groups in total. The van der Waals surface area contributed by atoms with Gasteiger partial charge in [-0.15, -0.1) is 0 Å². The standard InChI is InChI=1S/C24H28FN3O2/c1-3-13-26-23(25)10-6-7-18(2)20-8-4-5-9-21(20)22-16-24(29)28(17-27-22)19-11-14-30-15-12-19/h4-5,8-10,13,16-17,19H,2-3,6-7,11-12,14-15H2,1H3/b23-10-,26-13-. The summed E-state index contributed by atoms with van der Waals surface area (Å²) in [5.41, 5.74) is 3.19. The first-order valence-corrected chi connectivity index (χ1v) is 10.4. The van der Waals surface area contributed by atoms with E-state index in [1.807, 2.05) is 31.2 Å². The number of ether oxygens (including phenoxy) is 1. The van der Waals surface area contributed by atoms with Crippen molar-refractivity contribution in [3.8, 4) is 11.3 Å². The summed E-state index contributed by atoms with van der Waals surface area (Å²) in [7, 11) is 0. The summed E-state index contributed by atoms with van der Waals surface area (Å²) in [4.78, 5) is 21.0. The molecule has 0 amide bonds. The van der Waals surface area contributed by atoms with E-state index in [0.717, 1.165) is 29.5 Å². The average Bonchev–Trinajstić information content (AvgIpc) is 2.78. The predicted octanol–water partition coefficient (Wildman–Crippen LogP) is 5.35. The first kappa shape index (κ1) is 21.8. The zero-order valence-electron chi connectivity index (χ0n) is 17.4. The summed E-state index contributed by atoms with van der Waals surface area (Å²) in [6.45, 7) is 7.41. The van der Waals surface area contributed by atoms with Gasteiger partial charge in [0.1, 0.15) is 0 Å². The van der Waals surface area contributed by atoms with Crippen LogP contribution in [0, 0.1) is 0 Å². The average molecular weight is 410 g/mol. The fraction of sp³-hybridized carbons (Fsp3) is 0.375. The minimum Gasteiger partial charge on any atom is -0.381 e. The van der Waals surface area contributed by atoms with Gasteiger partial charge in [-0.2, -0.15) is 4.39 Å². The third-order valence-corrected chi connectivity index (χ3v) is 5.16. The van der Waals surface area contributed by atoms with Crippen molar-refractivity contribution >= 4 is 11.8 Å². The van der Waals surface area contributed by atoms with Crippen LogP contribution in [0.2, 0.25) is 0 Å². The largest absolute Gasteiger partial charge is 0.381 e. The molecular formula is C24H28FN3O2. The van der Waals surface area contributed by atoms with Crippen LogP contribution in [0.1, 0.15) is 50.6 Å². The van der Waals surface area contributed by atoms with E-state index < -0.39 is 5.95 Å². The molecule has 0 unspecified atom stereocenters. The van der Waals surface area contributed by atoms with Gasteiger partial charge in [0, 0.05) is 37.1 Å². The van der Waals surface area contributed by atoms with E-state index in [1.54, 1.807) is 23.2 Å². The zero-order valence-corrected chi connectivity index (χ0v) is 17.4. The third kappa shape index (κ3) is 5.60. The SMILES string of the molecule is C=C(CC/C=C(F)\N=C/CC)c1ccccc1-c1cc(=O)n(C2CCOCC2)cn1. The highest BCUT2D eigenvalue weighted by Gasteiger charge is 2.18. The van der Waals surface area contributed by atoms with Crippen molar-refractivity contribution in [3.05, 3.63) is 71.2 Å². The van der Waals surface area contributed by atoms with Crippen LogP contribution in [0.3, 0.4) is 0 Å². The van der Waals surface area contributed by atoms with Gasteiger partial charge in [-0.05, 0) is 49.3 Å². The molecule has 1 fully saturated rings. The molecule has 1 aromatic carbocycles. The molecule has 0 bridgehead atoms. The van der Waals surface area contributed by atoms with E-state index in [2.05, 4.69) is 16.6 Å². The van der Waals surface area contributed by atoms with Crippen molar-refractivity contribution in [2.75, 3.05) is 13.2 Å². The smallest absolute Gasteiger partial charge is 0.254 e. The second kappa shape index (κ2) is 10.8. The summed E-state index contributed by atoms with van der Waals surface area (Å²) in [6.07, 6.45) is 8.07. The van der Waals surface area contributed by atoms with Crippen LogP contribution in [0.4, 0.5) is 4.39 Å². The van der Waals surface area contributed by atoms with Crippen LogP contribution >= 0.6 is 0 Å². The summed E-state index contributed by atoms with van der Waals surface area (Å²) >= 11 is 0. The Morgan fingerprint density at radius 2 is 2.13 bits per heavy atom. The molecule has 0 radical (unpaired) electrons. The van der Waals surface area contributed by atoms with Crippen molar-refractivity contribution in [2.45, 2.75) is 45.1 Å². The van der Waals surface area contributed by atoms with E-state index in [0.29, 0.717) is 38.2 Å². The molecule has 158 valence electrons. The van der Waals surface area contributed by atoms with E-state index in [4.69, 9.17) is 4.74 Å². The molecule has 30 heavy (non-hydrogen) atoms. The van der Waals surface area contributed by atoms with Crippen LogP contribution in [-0.4, -0.2) is 29.0 Å². The third-order valence-electron chi connectivity index (χ3n) is 5.16. The van der Waals surface area contributed by atoms with Gasteiger partial charge in [-0.25, -0.2) is 9.98 Å². The number of halogens is 1. The van der Waals surface area contributed by atoms with Gasteiger partial charge >= 0.3 is 0 Å².